The van der Waals surface area contributed by atoms with Crippen LogP contribution in [0, 0.1) is 0 Å². The third-order valence-corrected chi connectivity index (χ3v) is 5.35. The van der Waals surface area contributed by atoms with Crippen LogP contribution >= 0.6 is 0 Å². The van der Waals surface area contributed by atoms with Crippen molar-refractivity contribution < 1.29 is 19.6 Å². The molecule has 1 atom stereocenters. The Morgan fingerprint density at radius 1 is 0.938 bits per heavy atom. The lowest BCUT2D eigenvalue weighted by Crippen LogP contribution is -2.50. The Morgan fingerprint density at radius 2 is 1.53 bits per heavy atom. The van der Waals surface area contributed by atoms with Crippen LogP contribution in [-0.4, -0.2) is 59.5 Å². The van der Waals surface area contributed by atoms with Gasteiger partial charge in [0.15, 0.2) is 0 Å². The summed E-state index contributed by atoms with van der Waals surface area (Å²) in [4.78, 5) is 27.1. The van der Waals surface area contributed by atoms with Crippen molar-refractivity contribution in [2.45, 2.75) is 44.5 Å². The minimum absolute atomic E-state index is 0.107. The molecule has 32 heavy (non-hydrogen) atoms. The zero-order valence-corrected chi connectivity index (χ0v) is 18.5. The first-order chi connectivity index (χ1) is 15.5. The number of nitrogens with zero attached hydrogens (tertiary/aromatic N) is 1. The number of nitrogens with two attached hydrogens (primary N) is 1. The molecule has 2 aromatic rings. The lowest BCUT2D eigenvalue weighted by Gasteiger charge is -2.24. The van der Waals surface area contributed by atoms with E-state index < -0.39 is 19.0 Å². The van der Waals surface area contributed by atoms with Crippen LogP contribution in [0.2, 0.25) is 0 Å². The van der Waals surface area contributed by atoms with E-state index in [1.165, 1.54) is 0 Å². The summed E-state index contributed by atoms with van der Waals surface area (Å²) in [6, 6.07) is 19.6. The van der Waals surface area contributed by atoms with E-state index in [1.54, 1.807) is 4.90 Å². The van der Waals surface area contributed by atoms with Gasteiger partial charge in [0.1, 0.15) is 0 Å². The molecule has 0 aromatic heterocycles. The molecule has 2 amide bonds. The van der Waals surface area contributed by atoms with Crippen molar-refractivity contribution in [2.24, 2.45) is 5.73 Å². The van der Waals surface area contributed by atoms with E-state index in [4.69, 9.17) is 5.73 Å². The topological polar surface area (TPSA) is 116 Å². The number of hydrogen-bond donors (Lipinski definition) is 4. The number of amides is 2. The number of nitrogens with one attached hydrogen (secondary N) is 1. The average molecular weight is 439 g/mol. The van der Waals surface area contributed by atoms with Gasteiger partial charge >= 0.3 is 7.12 Å². The predicted octanol–water partition coefficient (Wildman–Crippen LogP) is 1.32. The van der Waals surface area contributed by atoms with Crippen molar-refractivity contribution in [3.8, 4) is 0 Å². The Balaban J connectivity index is 1.98. The number of hydrogen-bond acceptors (Lipinski definition) is 5. The van der Waals surface area contributed by atoms with Crippen LogP contribution in [-0.2, 0) is 22.4 Å². The number of unbranched alkanes of at least 4 members (excludes halogenated alkanes) is 1. The van der Waals surface area contributed by atoms with Crippen LogP contribution in [0.1, 0.15) is 36.8 Å². The van der Waals surface area contributed by atoms with Crippen LogP contribution in [0.3, 0.4) is 0 Å². The smallest absolute Gasteiger partial charge is 0.426 e. The van der Waals surface area contributed by atoms with E-state index >= 15 is 0 Å². The molecule has 0 aliphatic carbocycles. The molecule has 5 N–H and O–H groups in total. The molecular weight excluding hydrogens is 405 g/mol. The number of aryl methyl sites for hydroxylation is 1. The fraction of sp³-hybridized carbons (Fsp3) is 0.417. The molecule has 7 nitrogen and oxygen atoms in total. The van der Waals surface area contributed by atoms with Crippen molar-refractivity contribution in [3.05, 3.63) is 71.8 Å². The van der Waals surface area contributed by atoms with Gasteiger partial charge in [-0.3, -0.25) is 9.59 Å². The maximum Gasteiger partial charge on any atom is 0.475 e. The van der Waals surface area contributed by atoms with E-state index in [9.17, 15) is 19.6 Å². The quantitative estimate of drug-likeness (QED) is 0.262. The summed E-state index contributed by atoms with van der Waals surface area (Å²) in [5, 5.41) is 21.8. The van der Waals surface area contributed by atoms with Crippen molar-refractivity contribution in [1.82, 2.24) is 10.2 Å². The van der Waals surface area contributed by atoms with E-state index in [0.717, 1.165) is 17.5 Å². The highest BCUT2D eigenvalue weighted by Gasteiger charge is 2.26. The Morgan fingerprint density at radius 3 is 2.09 bits per heavy atom. The second-order valence-corrected chi connectivity index (χ2v) is 7.91. The summed E-state index contributed by atoms with van der Waals surface area (Å²) in [5.41, 5.74) is 7.64. The van der Waals surface area contributed by atoms with Crippen LogP contribution in [0.5, 0.6) is 0 Å². The van der Waals surface area contributed by atoms with E-state index in [2.05, 4.69) is 5.32 Å². The van der Waals surface area contributed by atoms with Gasteiger partial charge in [-0.15, -0.1) is 0 Å². The molecule has 2 rings (SSSR count). The highest BCUT2D eigenvalue weighted by Crippen LogP contribution is 2.08. The molecule has 0 aliphatic heterocycles. The van der Waals surface area contributed by atoms with Gasteiger partial charge in [0, 0.05) is 13.0 Å². The molecule has 172 valence electrons. The molecule has 2 aromatic carbocycles. The maximum atomic E-state index is 12.9. The van der Waals surface area contributed by atoms with Crippen LogP contribution < -0.4 is 11.1 Å². The molecule has 1 unspecified atom stereocenters. The van der Waals surface area contributed by atoms with Crippen LogP contribution in [0.4, 0.5) is 0 Å². The molecule has 8 heteroatoms. The van der Waals surface area contributed by atoms with Crippen LogP contribution in [0.15, 0.2) is 60.7 Å². The van der Waals surface area contributed by atoms with Gasteiger partial charge in [-0.25, -0.2) is 0 Å². The SMILES string of the molecule is NCCCCC(NC(=O)CN(CCc1ccccc1)C(=O)CCc1ccccc1)B(O)O. The van der Waals surface area contributed by atoms with Crippen LogP contribution in [0.25, 0.3) is 0 Å². The summed E-state index contributed by atoms with van der Waals surface area (Å²) >= 11 is 0. The zero-order valence-electron chi connectivity index (χ0n) is 18.5. The second-order valence-electron chi connectivity index (χ2n) is 7.91. The first-order valence-electron chi connectivity index (χ1n) is 11.2. The van der Waals surface area contributed by atoms with Crippen molar-refractivity contribution >= 4 is 18.9 Å². The van der Waals surface area contributed by atoms with Gasteiger partial charge in [0.05, 0.1) is 12.5 Å². The first kappa shape index (κ1) is 25.6. The third-order valence-electron chi connectivity index (χ3n) is 5.35. The number of benzene rings is 2. The molecule has 0 fully saturated rings. The molecule has 0 aliphatic rings. The van der Waals surface area contributed by atoms with Gasteiger partial charge in [0.25, 0.3) is 0 Å². The van der Waals surface area contributed by atoms with Crippen molar-refractivity contribution in [3.63, 3.8) is 0 Å². The summed E-state index contributed by atoms with van der Waals surface area (Å²) in [6.07, 6.45) is 3.35. The molecule has 0 radical (unpaired) electrons. The van der Waals surface area contributed by atoms with Gasteiger partial charge in [-0.1, -0.05) is 67.1 Å². The van der Waals surface area contributed by atoms with Gasteiger partial charge in [-0.2, -0.15) is 0 Å². The lowest BCUT2D eigenvalue weighted by atomic mass is 9.76. The molecule has 0 bridgehead atoms. The maximum absolute atomic E-state index is 12.9. The summed E-state index contributed by atoms with van der Waals surface area (Å²) in [5.74, 6) is -1.30. The highest BCUT2D eigenvalue weighted by atomic mass is 16.4. The van der Waals surface area contributed by atoms with Crippen molar-refractivity contribution in [2.75, 3.05) is 19.6 Å². The van der Waals surface area contributed by atoms with Gasteiger partial charge in [-0.05, 0) is 43.4 Å². The number of carbonyl (C=O) groups is 2. The summed E-state index contributed by atoms with van der Waals surface area (Å²) in [7, 11) is -1.66. The fourth-order valence-electron chi connectivity index (χ4n) is 3.48. The minimum Gasteiger partial charge on any atom is -0.426 e. The Kier molecular flexibility index (Phi) is 11.5. The predicted molar refractivity (Wildman–Crippen MR) is 127 cm³/mol. The minimum atomic E-state index is -1.66. The van der Waals surface area contributed by atoms with E-state index in [0.29, 0.717) is 45.2 Å². The summed E-state index contributed by atoms with van der Waals surface area (Å²) < 4.78 is 0. The standard InChI is InChI=1S/C24H34BN3O4/c26-17-8-7-13-22(25(31)32)27-23(29)19-28(18-16-21-11-5-2-6-12-21)24(30)15-14-20-9-3-1-4-10-20/h1-6,9-12,22,31-32H,7-8,13-19,26H2,(H,27,29). The average Bonchev–Trinajstić information content (AvgIpc) is 2.81. The molecule has 0 heterocycles. The molecule has 0 saturated heterocycles. The fourth-order valence-corrected chi connectivity index (χ4v) is 3.48. The van der Waals surface area contributed by atoms with E-state index in [-0.39, 0.29) is 12.5 Å². The Bertz CT molecular complexity index is 805. The normalized spacial score (nSPS) is 11.6. The zero-order chi connectivity index (χ0) is 23.2. The summed E-state index contributed by atoms with van der Waals surface area (Å²) in [6.45, 7) is 0.788. The van der Waals surface area contributed by atoms with Crippen molar-refractivity contribution in [1.29, 1.82) is 0 Å². The van der Waals surface area contributed by atoms with Gasteiger partial charge < -0.3 is 26.0 Å². The largest absolute Gasteiger partial charge is 0.475 e. The Labute approximate surface area is 190 Å². The Hall–Kier alpha value is -2.68. The lowest BCUT2D eigenvalue weighted by molar-refractivity contribution is -0.136. The second kappa shape index (κ2) is 14.4. The number of rotatable bonds is 14. The monoisotopic (exact) mass is 439 g/mol. The third kappa shape index (κ3) is 9.64. The molecule has 0 spiro atoms. The number of carbonyl (C=O) groups excluding carboxylic acids is 2. The first-order valence-corrected chi connectivity index (χ1v) is 11.2. The molecular formula is C24H34BN3O4. The van der Waals surface area contributed by atoms with E-state index in [1.807, 2.05) is 60.7 Å². The highest BCUT2D eigenvalue weighted by molar-refractivity contribution is 6.43. The van der Waals surface area contributed by atoms with Gasteiger partial charge in [0.2, 0.25) is 11.8 Å². The molecule has 0 saturated carbocycles.